The van der Waals surface area contributed by atoms with Gasteiger partial charge in [0.05, 0.1) is 12.2 Å². The van der Waals surface area contributed by atoms with E-state index in [1.807, 2.05) is 42.5 Å². The minimum absolute atomic E-state index is 0.153. The largest absolute Gasteiger partial charge is 0.492 e. The first-order chi connectivity index (χ1) is 14.2. The lowest BCUT2D eigenvalue weighted by atomic mass is 9.81. The molecule has 0 amide bonds. The van der Waals surface area contributed by atoms with Crippen molar-refractivity contribution in [2.75, 3.05) is 6.61 Å². The fraction of sp³-hybridized carbons (Fsp3) is 0.125. The van der Waals surface area contributed by atoms with Crippen molar-refractivity contribution in [1.82, 2.24) is 0 Å². The molecule has 5 rings (SSSR count). The molecule has 2 aliphatic rings. The van der Waals surface area contributed by atoms with Gasteiger partial charge in [-0.3, -0.25) is 0 Å². The Labute approximate surface area is 177 Å². The zero-order valence-corrected chi connectivity index (χ0v) is 17.1. The third-order valence-corrected chi connectivity index (χ3v) is 6.00. The van der Waals surface area contributed by atoms with Crippen LogP contribution in [-0.4, -0.2) is 6.61 Å². The van der Waals surface area contributed by atoms with E-state index in [2.05, 4.69) is 40.2 Å². The molecule has 0 fully saturated rings. The van der Waals surface area contributed by atoms with Gasteiger partial charge >= 0.3 is 0 Å². The molecule has 2 heterocycles. The van der Waals surface area contributed by atoms with Crippen molar-refractivity contribution >= 4 is 32.5 Å². The normalized spacial score (nSPS) is 18.3. The first-order valence-corrected chi connectivity index (χ1v) is 10.2. The van der Waals surface area contributed by atoms with Crippen LogP contribution >= 0.6 is 15.9 Å². The van der Waals surface area contributed by atoms with Crippen molar-refractivity contribution in [3.05, 3.63) is 93.3 Å². The van der Waals surface area contributed by atoms with E-state index < -0.39 is 0 Å². The van der Waals surface area contributed by atoms with Crippen molar-refractivity contribution in [3.8, 4) is 11.8 Å². The van der Waals surface area contributed by atoms with E-state index in [4.69, 9.17) is 15.2 Å². The Hall–Kier alpha value is -3.23. The number of nitrogens with zero attached hydrogens (tertiary/aromatic N) is 1. The van der Waals surface area contributed by atoms with Crippen molar-refractivity contribution in [3.63, 3.8) is 0 Å². The highest BCUT2D eigenvalue weighted by Crippen LogP contribution is 2.48. The molecule has 0 saturated carbocycles. The number of halogens is 1. The maximum atomic E-state index is 9.81. The van der Waals surface area contributed by atoms with Crippen LogP contribution in [0.2, 0.25) is 0 Å². The second-order valence-corrected chi connectivity index (χ2v) is 8.01. The highest BCUT2D eigenvalue weighted by atomic mass is 79.9. The molecular weight excluding hydrogens is 428 g/mol. The van der Waals surface area contributed by atoms with E-state index in [0.717, 1.165) is 37.7 Å². The van der Waals surface area contributed by atoms with Gasteiger partial charge in [0.25, 0.3) is 0 Å². The first kappa shape index (κ1) is 17.8. The van der Waals surface area contributed by atoms with Crippen LogP contribution in [0.1, 0.15) is 23.5 Å². The average molecular weight is 445 g/mol. The molecule has 3 aromatic carbocycles. The van der Waals surface area contributed by atoms with Gasteiger partial charge in [0.1, 0.15) is 23.2 Å². The minimum atomic E-state index is -0.252. The molecule has 2 N–H and O–H groups in total. The summed E-state index contributed by atoms with van der Waals surface area (Å²) >= 11 is 3.48. The van der Waals surface area contributed by atoms with Crippen LogP contribution in [-0.2, 0) is 4.74 Å². The Bertz CT molecular complexity index is 1240. The van der Waals surface area contributed by atoms with Crippen molar-refractivity contribution in [2.24, 2.45) is 5.73 Å². The topological polar surface area (TPSA) is 68.3 Å². The van der Waals surface area contributed by atoms with Gasteiger partial charge in [-0.05, 0) is 34.7 Å². The molecule has 5 heteroatoms. The average Bonchev–Trinajstić information content (AvgIpc) is 2.93. The first-order valence-electron chi connectivity index (χ1n) is 9.38. The lowest BCUT2D eigenvalue weighted by molar-refractivity contribution is 0.325. The van der Waals surface area contributed by atoms with Crippen molar-refractivity contribution in [1.29, 1.82) is 5.26 Å². The molecule has 0 aromatic heterocycles. The molecule has 1 atom stereocenters. The van der Waals surface area contributed by atoms with Gasteiger partial charge in [0, 0.05) is 22.2 Å². The molecule has 3 aromatic rings. The van der Waals surface area contributed by atoms with Crippen LogP contribution in [0, 0.1) is 11.3 Å². The van der Waals surface area contributed by atoms with Crippen LogP contribution < -0.4 is 10.5 Å². The third kappa shape index (κ3) is 2.88. The van der Waals surface area contributed by atoms with Gasteiger partial charge in [-0.1, -0.05) is 58.4 Å². The summed E-state index contributed by atoms with van der Waals surface area (Å²) in [7, 11) is 0. The number of nitriles is 1. The molecule has 0 aliphatic carbocycles. The van der Waals surface area contributed by atoms with Crippen LogP contribution in [0.15, 0.2) is 82.2 Å². The number of ether oxygens (including phenoxy) is 2. The molecule has 2 aliphatic heterocycles. The zero-order valence-electron chi connectivity index (χ0n) is 15.5. The number of hydrogen-bond acceptors (Lipinski definition) is 4. The van der Waals surface area contributed by atoms with Crippen LogP contribution in [0.5, 0.6) is 5.75 Å². The van der Waals surface area contributed by atoms with Gasteiger partial charge in [0.15, 0.2) is 0 Å². The lowest BCUT2D eigenvalue weighted by Gasteiger charge is -2.28. The number of nitrogens with two attached hydrogens (primary N) is 1. The Morgan fingerprint density at radius 2 is 1.83 bits per heavy atom. The summed E-state index contributed by atoms with van der Waals surface area (Å²) in [4.78, 5) is 0. The summed E-state index contributed by atoms with van der Waals surface area (Å²) in [5.74, 6) is 1.40. The molecule has 142 valence electrons. The summed E-state index contributed by atoms with van der Waals surface area (Å²) in [6.07, 6.45) is 0.650. The fourth-order valence-electron chi connectivity index (χ4n) is 4.15. The quantitative estimate of drug-likeness (QED) is 0.529. The Morgan fingerprint density at radius 3 is 2.62 bits per heavy atom. The standard InChI is InChI=1S/C24H17BrN2O2/c25-16-8-5-15(6-9-16)21-18-11-12-28-22-17-4-2-1-3-14(17)7-10-19(22)23(18)29-24(27)20(21)13-26/h1-10,21H,11-12,27H2. The smallest absolute Gasteiger partial charge is 0.205 e. The Kier molecular flexibility index (Phi) is 4.30. The van der Waals surface area contributed by atoms with E-state index in [1.54, 1.807) is 0 Å². The number of fused-ring (bicyclic) bond motifs is 4. The molecule has 0 radical (unpaired) electrons. The minimum Gasteiger partial charge on any atom is -0.492 e. The predicted octanol–water partition coefficient (Wildman–Crippen LogP) is 5.60. The zero-order chi connectivity index (χ0) is 20.0. The van der Waals surface area contributed by atoms with Crippen LogP contribution in [0.4, 0.5) is 0 Å². The summed E-state index contributed by atoms with van der Waals surface area (Å²) in [5.41, 5.74) is 9.57. The number of allylic oxidation sites excluding steroid dienone is 1. The van der Waals surface area contributed by atoms with Crippen molar-refractivity contribution in [2.45, 2.75) is 12.3 Å². The van der Waals surface area contributed by atoms with E-state index >= 15 is 0 Å². The maximum Gasteiger partial charge on any atom is 0.205 e. The number of rotatable bonds is 1. The number of benzene rings is 3. The van der Waals surface area contributed by atoms with Crippen LogP contribution in [0.3, 0.4) is 0 Å². The van der Waals surface area contributed by atoms with Gasteiger partial charge in [0.2, 0.25) is 5.88 Å². The Morgan fingerprint density at radius 1 is 1.03 bits per heavy atom. The van der Waals surface area contributed by atoms with Crippen molar-refractivity contribution < 1.29 is 9.47 Å². The second-order valence-electron chi connectivity index (χ2n) is 7.09. The molecule has 0 saturated heterocycles. The second kappa shape index (κ2) is 6.98. The summed E-state index contributed by atoms with van der Waals surface area (Å²) in [5, 5.41) is 12.0. The summed E-state index contributed by atoms with van der Waals surface area (Å²) in [6.45, 7) is 0.509. The van der Waals surface area contributed by atoms with Crippen LogP contribution in [0.25, 0.3) is 16.5 Å². The highest BCUT2D eigenvalue weighted by molar-refractivity contribution is 9.10. The molecule has 4 nitrogen and oxygen atoms in total. The third-order valence-electron chi connectivity index (χ3n) is 5.47. The van der Waals surface area contributed by atoms with Gasteiger partial charge in [-0.2, -0.15) is 5.26 Å². The highest BCUT2D eigenvalue weighted by Gasteiger charge is 2.35. The van der Waals surface area contributed by atoms with E-state index in [-0.39, 0.29) is 11.8 Å². The van der Waals surface area contributed by atoms with Gasteiger partial charge in [-0.15, -0.1) is 0 Å². The Balaban J connectivity index is 1.75. The lowest BCUT2D eigenvalue weighted by Crippen LogP contribution is -2.20. The van der Waals surface area contributed by atoms with Gasteiger partial charge < -0.3 is 15.2 Å². The number of hydrogen-bond donors (Lipinski definition) is 1. The predicted molar refractivity (Wildman–Crippen MR) is 116 cm³/mol. The van der Waals surface area contributed by atoms with E-state index in [0.29, 0.717) is 24.4 Å². The molecule has 1 unspecified atom stereocenters. The molecule has 0 bridgehead atoms. The van der Waals surface area contributed by atoms with E-state index in [1.165, 1.54) is 0 Å². The van der Waals surface area contributed by atoms with Gasteiger partial charge in [-0.25, -0.2) is 0 Å². The molecule has 29 heavy (non-hydrogen) atoms. The van der Waals surface area contributed by atoms with E-state index in [9.17, 15) is 5.26 Å². The molecular formula is C24H17BrN2O2. The molecule has 0 spiro atoms. The fourth-order valence-corrected chi connectivity index (χ4v) is 4.41. The maximum absolute atomic E-state index is 9.81. The SMILES string of the molecule is N#CC1=C(N)OC2=C(CCOc3c2ccc2ccccc32)C1c1ccc(Br)cc1. The summed E-state index contributed by atoms with van der Waals surface area (Å²) < 4.78 is 13.2. The monoisotopic (exact) mass is 444 g/mol. The summed E-state index contributed by atoms with van der Waals surface area (Å²) in [6, 6.07) is 22.5.